The van der Waals surface area contributed by atoms with E-state index in [1.165, 1.54) is 7.11 Å². The van der Waals surface area contributed by atoms with Gasteiger partial charge in [-0.3, -0.25) is 9.88 Å². The van der Waals surface area contributed by atoms with Gasteiger partial charge in [0.1, 0.15) is 12.3 Å². The average Bonchev–Trinajstić information content (AvgIpc) is 2.52. The summed E-state index contributed by atoms with van der Waals surface area (Å²) in [5, 5.41) is 12.1. The molecular formula is C15H22NO4P. The molecule has 0 heterocycles. The molecule has 0 radical (unpaired) electrons. The smallest absolute Gasteiger partial charge is 0.320 e. The van der Waals surface area contributed by atoms with E-state index in [1.54, 1.807) is 0 Å². The Bertz CT molecular complexity index is 450. The van der Waals surface area contributed by atoms with E-state index in [-0.39, 0.29) is 19.1 Å². The van der Waals surface area contributed by atoms with Crippen LogP contribution in [0.1, 0.15) is 13.3 Å². The molecule has 0 aliphatic heterocycles. The first-order valence-electron chi connectivity index (χ1n) is 6.73. The maximum atomic E-state index is 11.2. The molecule has 21 heavy (non-hydrogen) atoms. The van der Waals surface area contributed by atoms with E-state index in [4.69, 9.17) is 9.63 Å². The molecule has 0 aliphatic rings. The molecule has 6 heteroatoms. The Morgan fingerprint density at radius 2 is 2.10 bits per heavy atom. The van der Waals surface area contributed by atoms with Gasteiger partial charge < -0.3 is 14.4 Å². The second-order valence-corrected chi connectivity index (χ2v) is 6.12. The lowest BCUT2D eigenvalue weighted by atomic mass is 10.3. The number of aliphatic hydroxyl groups excluding tert-OH is 1. The summed E-state index contributed by atoms with van der Waals surface area (Å²) in [4.78, 5) is 11.2. The number of benzene rings is 1. The number of hydrogen-bond acceptors (Lipinski definition) is 5. The lowest BCUT2D eigenvalue weighted by Crippen LogP contribution is -2.22. The Labute approximate surface area is 126 Å². The molecule has 1 unspecified atom stereocenters. The molecule has 0 amide bonds. The van der Waals surface area contributed by atoms with E-state index in [9.17, 15) is 4.79 Å². The Hall–Kier alpha value is -1.42. The third-order valence-corrected chi connectivity index (χ3v) is 4.27. The summed E-state index contributed by atoms with van der Waals surface area (Å²) in [7, 11) is 0.371. The summed E-state index contributed by atoms with van der Waals surface area (Å²) in [6, 6.07) is 9.48. The Balaban J connectivity index is 2.54. The minimum Gasteiger partial charge on any atom is -0.468 e. The third-order valence-electron chi connectivity index (χ3n) is 2.66. The first-order valence-corrected chi connectivity index (χ1v) is 8.17. The van der Waals surface area contributed by atoms with Gasteiger partial charge in [0.25, 0.3) is 0 Å². The number of carbonyl (C=O) groups is 1. The highest BCUT2D eigenvalue weighted by molar-refractivity contribution is 7.50. The van der Waals surface area contributed by atoms with Crippen LogP contribution in [0.25, 0.3) is 0 Å². The third kappa shape index (κ3) is 7.81. The number of allylic oxidation sites excluding steroid dienone is 1. The van der Waals surface area contributed by atoms with Crippen molar-refractivity contribution in [3.8, 4) is 5.75 Å². The number of para-hydroxylation sites is 1. The number of aliphatic hydroxyl groups is 1. The van der Waals surface area contributed by atoms with Crippen molar-refractivity contribution in [2.75, 3.05) is 26.4 Å². The van der Waals surface area contributed by atoms with Crippen molar-refractivity contribution in [3.63, 3.8) is 0 Å². The molecule has 1 rings (SSSR count). The average molecular weight is 311 g/mol. The van der Waals surface area contributed by atoms with Crippen LogP contribution in [0, 0.1) is 0 Å². The lowest BCUT2D eigenvalue weighted by Gasteiger charge is -2.18. The zero-order chi connectivity index (χ0) is 15.5. The van der Waals surface area contributed by atoms with Crippen LogP contribution < -0.4 is 9.61 Å². The monoisotopic (exact) mass is 311 g/mol. The van der Waals surface area contributed by atoms with Crippen LogP contribution in [0.3, 0.4) is 0 Å². The van der Waals surface area contributed by atoms with Crippen LogP contribution in [0.4, 0.5) is 0 Å². The highest BCUT2D eigenvalue weighted by atomic mass is 31.2. The van der Waals surface area contributed by atoms with Gasteiger partial charge in [-0.05, 0) is 25.5 Å². The van der Waals surface area contributed by atoms with E-state index < -0.39 is 8.30 Å². The number of methoxy groups -OCH3 is 1. The number of carbonyl (C=O) groups excluding carboxylic acids is 1. The van der Waals surface area contributed by atoms with Gasteiger partial charge in [-0.15, -0.1) is 0 Å². The quantitative estimate of drug-likeness (QED) is 0.416. The van der Waals surface area contributed by atoms with Crippen LogP contribution in [0.2, 0.25) is 0 Å². The molecule has 1 atom stereocenters. The van der Waals surface area contributed by atoms with E-state index >= 15 is 0 Å². The molecular weight excluding hydrogens is 289 g/mol. The Morgan fingerprint density at radius 3 is 2.71 bits per heavy atom. The summed E-state index contributed by atoms with van der Waals surface area (Å²) in [6.07, 6.45) is 3.50. The fourth-order valence-electron chi connectivity index (χ4n) is 1.48. The highest BCUT2D eigenvalue weighted by Crippen LogP contribution is 2.34. The zero-order valence-electron chi connectivity index (χ0n) is 12.4. The minimum absolute atomic E-state index is 0.0626. The van der Waals surface area contributed by atoms with Crippen molar-refractivity contribution in [3.05, 3.63) is 42.0 Å². The summed E-state index contributed by atoms with van der Waals surface area (Å²) in [6.45, 7) is 2.06. The van der Waals surface area contributed by atoms with Crippen LogP contribution in [0.15, 0.2) is 42.0 Å². The fourth-order valence-corrected chi connectivity index (χ4v) is 2.84. The first-order chi connectivity index (χ1) is 10.2. The molecule has 1 aromatic carbocycles. The SMILES string of the molecule is COC(=O)CNP(CC/C=C(\C)CO)Oc1ccccc1. The Morgan fingerprint density at radius 1 is 1.38 bits per heavy atom. The molecule has 2 N–H and O–H groups in total. The summed E-state index contributed by atoms with van der Waals surface area (Å²) in [5.41, 5.74) is 0.928. The molecule has 0 spiro atoms. The van der Waals surface area contributed by atoms with Crippen molar-refractivity contribution in [1.82, 2.24) is 5.09 Å². The molecule has 0 saturated heterocycles. The fraction of sp³-hybridized carbons (Fsp3) is 0.400. The highest BCUT2D eigenvalue weighted by Gasteiger charge is 2.12. The number of ether oxygens (including phenoxy) is 1. The first kappa shape index (κ1) is 17.6. The number of rotatable bonds is 9. The summed E-state index contributed by atoms with van der Waals surface area (Å²) >= 11 is 0. The van der Waals surface area contributed by atoms with Gasteiger partial charge in [0.15, 0.2) is 8.30 Å². The van der Waals surface area contributed by atoms with E-state index in [0.717, 1.165) is 23.9 Å². The van der Waals surface area contributed by atoms with Crippen LogP contribution in [-0.4, -0.2) is 37.5 Å². The van der Waals surface area contributed by atoms with Gasteiger partial charge in [0, 0.05) is 6.16 Å². The van der Waals surface area contributed by atoms with Gasteiger partial charge in [0.05, 0.1) is 13.7 Å². The maximum Gasteiger partial charge on any atom is 0.320 e. The standard InChI is InChI=1S/C15H22NO4P/c1-13(12-17)7-6-10-21(16-11-15(18)19-2)20-14-8-4-3-5-9-14/h3-5,7-9,16-17H,6,10-12H2,1-2H3/b13-7+. The van der Waals surface area contributed by atoms with Gasteiger partial charge in [-0.1, -0.05) is 29.8 Å². The molecule has 0 saturated carbocycles. The van der Waals surface area contributed by atoms with Gasteiger partial charge in [0.2, 0.25) is 0 Å². The predicted octanol–water partition coefficient (Wildman–Crippen LogP) is 2.47. The largest absolute Gasteiger partial charge is 0.468 e. The van der Waals surface area contributed by atoms with Crippen molar-refractivity contribution < 1.29 is 19.2 Å². The van der Waals surface area contributed by atoms with E-state index in [0.29, 0.717) is 0 Å². The zero-order valence-corrected chi connectivity index (χ0v) is 13.3. The van der Waals surface area contributed by atoms with Gasteiger partial charge in [-0.2, -0.15) is 0 Å². The van der Waals surface area contributed by atoms with Gasteiger partial charge in [-0.25, -0.2) is 0 Å². The minimum atomic E-state index is -0.988. The lowest BCUT2D eigenvalue weighted by molar-refractivity contribution is -0.139. The number of hydrogen-bond donors (Lipinski definition) is 2. The maximum absolute atomic E-state index is 11.2. The van der Waals surface area contributed by atoms with Gasteiger partial charge >= 0.3 is 5.97 Å². The molecule has 0 aliphatic carbocycles. The van der Waals surface area contributed by atoms with Crippen LogP contribution in [0.5, 0.6) is 5.75 Å². The predicted molar refractivity (Wildman–Crippen MR) is 84.3 cm³/mol. The molecule has 0 bridgehead atoms. The van der Waals surface area contributed by atoms with Crippen molar-refractivity contribution in [2.24, 2.45) is 0 Å². The second kappa shape index (κ2) is 10.3. The molecule has 1 aromatic rings. The number of esters is 1. The van der Waals surface area contributed by atoms with Crippen molar-refractivity contribution >= 4 is 14.3 Å². The summed E-state index contributed by atoms with van der Waals surface area (Å²) < 4.78 is 10.5. The molecule has 0 fully saturated rings. The second-order valence-electron chi connectivity index (χ2n) is 4.41. The molecule has 5 nitrogen and oxygen atoms in total. The Kier molecular flexibility index (Phi) is 8.67. The topological polar surface area (TPSA) is 67.8 Å². The molecule has 0 aromatic heterocycles. The van der Waals surface area contributed by atoms with Crippen molar-refractivity contribution in [2.45, 2.75) is 13.3 Å². The number of nitrogens with one attached hydrogen (secondary N) is 1. The van der Waals surface area contributed by atoms with E-state index in [1.807, 2.05) is 43.3 Å². The van der Waals surface area contributed by atoms with Crippen LogP contribution >= 0.6 is 8.30 Å². The van der Waals surface area contributed by atoms with E-state index in [2.05, 4.69) is 9.82 Å². The normalized spacial score (nSPS) is 12.8. The van der Waals surface area contributed by atoms with Crippen molar-refractivity contribution in [1.29, 1.82) is 0 Å². The van der Waals surface area contributed by atoms with Crippen LogP contribution in [-0.2, 0) is 9.53 Å². The summed E-state index contributed by atoms with van der Waals surface area (Å²) in [5.74, 6) is 0.449. The molecule has 116 valence electrons.